The van der Waals surface area contributed by atoms with Gasteiger partial charge in [-0.05, 0) is 77.5 Å². The molecule has 8 heteroatoms. The Morgan fingerprint density at radius 3 is 2.26 bits per heavy atom. The molecule has 0 aliphatic heterocycles. The Hall–Kier alpha value is -5.26. The molecule has 0 atom stereocenters. The molecule has 3 aromatic heterocycles. The quantitative estimate of drug-likeness (QED) is 0.179. The number of anilines is 2. The smallest absolute Gasteiger partial charge is 0.307 e. The number of carbonyl (C=O) groups is 1. The van der Waals surface area contributed by atoms with Crippen molar-refractivity contribution in [1.82, 2.24) is 19.4 Å². The van der Waals surface area contributed by atoms with Gasteiger partial charge >= 0.3 is 6.03 Å². The fraction of sp³-hybridized carbons (Fsp3) is 0.263. The maximum Gasteiger partial charge on any atom is 0.323 e. The lowest BCUT2D eigenvalue weighted by Gasteiger charge is -2.21. The average molecular weight is 613 g/mol. The number of fused-ring (bicyclic) bond motifs is 1. The summed E-state index contributed by atoms with van der Waals surface area (Å²) < 4.78 is 1.47. The Balaban J connectivity index is 1.51. The Morgan fingerprint density at radius 2 is 1.57 bits per heavy atom. The number of amides is 2. The van der Waals surface area contributed by atoms with Crippen molar-refractivity contribution >= 4 is 28.4 Å². The molecule has 2 N–H and O–H groups in total. The van der Waals surface area contributed by atoms with Gasteiger partial charge in [-0.15, -0.1) is 0 Å². The molecule has 2 aromatic carbocycles. The Kier molecular flexibility index (Phi) is 9.94. The van der Waals surface area contributed by atoms with E-state index in [1.54, 1.807) is 25.6 Å². The van der Waals surface area contributed by atoms with Gasteiger partial charge in [-0.1, -0.05) is 69.9 Å². The highest BCUT2D eigenvalue weighted by Crippen LogP contribution is 2.35. The van der Waals surface area contributed by atoms with Crippen molar-refractivity contribution in [3.8, 4) is 23.0 Å². The topological polar surface area (TPSA) is 92.2 Å². The number of aryl methyl sites for hydroxylation is 1. The molecule has 234 valence electrons. The van der Waals surface area contributed by atoms with Gasteiger partial charge in [-0.3, -0.25) is 19.2 Å². The van der Waals surface area contributed by atoms with Crippen LogP contribution in [0.25, 0.3) is 22.2 Å². The highest BCUT2D eigenvalue weighted by molar-refractivity contribution is 6.07. The molecule has 8 nitrogen and oxygen atoms in total. The number of benzene rings is 2. The van der Waals surface area contributed by atoms with Crippen molar-refractivity contribution in [1.29, 1.82) is 0 Å². The number of hydrogen-bond donors (Lipinski definition) is 2. The highest BCUT2D eigenvalue weighted by Gasteiger charge is 2.21. The van der Waals surface area contributed by atoms with E-state index < -0.39 is 6.03 Å². The van der Waals surface area contributed by atoms with Gasteiger partial charge in [0.2, 0.25) is 0 Å². The molecule has 2 amide bonds. The van der Waals surface area contributed by atoms with Gasteiger partial charge in [0.1, 0.15) is 11.3 Å². The minimum atomic E-state index is -0.482. The third-order valence-corrected chi connectivity index (χ3v) is 7.93. The molecule has 5 aromatic rings. The summed E-state index contributed by atoms with van der Waals surface area (Å²) in [5, 5.41) is 6.76. The summed E-state index contributed by atoms with van der Waals surface area (Å²) in [5.74, 6) is 6.93. The molecule has 46 heavy (non-hydrogen) atoms. The Labute approximate surface area is 270 Å². The van der Waals surface area contributed by atoms with Gasteiger partial charge in [0.25, 0.3) is 5.56 Å². The summed E-state index contributed by atoms with van der Waals surface area (Å²) >= 11 is 0. The van der Waals surface area contributed by atoms with E-state index in [1.807, 2.05) is 73.8 Å². The molecule has 3 heterocycles. The zero-order valence-corrected chi connectivity index (χ0v) is 27.3. The summed E-state index contributed by atoms with van der Waals surface area (Å²) in [7, 11) is 3.69. The SMILES string of the molecule is CC(C)c1cccc(C(C)C)c1NC(=O)Nc1c(-c2cccc(C#CCN(C)Cc3ccncc3)c2)c2cccnc2n(C)c1=O. The van der Waals surface area contributed by atoms with Crippen LogP contribution in [0.1, 0.15) is 61.8 Å². The van der Waals surface area contributed by atoms with E-state index in [4.69, 9.17) is 0 Å². The van der Waals surface area contributed by atoms with E-state index in [0.29, 0.717) is 17.8 Å². The second kappa shape index (κ2) is 14.2. The summed E-state index contributed by atoms with van der Waals surface area (Å²) in [4.78, 5) is 38.3. The first kappa shape index (κ1) is 32.1. The molecule has 0 unspecified atom stereocenters. The molecular formula is C38H40N6O2. The third kappa shape index (κ3) is 7.17. The molecule has 0 aliphatic carbocycles. The molecule has 0 aliphatic rings. The normalized spacial score (nSPS) is 11.2. The minimum Gasteiger partial charge on any atom is -0.307 e. The summed E-state index contributed by atoms with van der Waals surface area (Å²) in [5.41, 5.74) is 6.52. The predicted molar refractivity (Wildman–Crippen MR) is 187 cm³/mol. The lowest BCUT2D eigenvalue weighted by atomic mass is 9.93. The maximum absolute atomic E-state index is 13.8. The molecule has 5 rings (SSSR count). The predicted octanol–water partition coefficient (Wildman–Crippen LogP) is 7.37. The number of urea groups is 1. The number of nitrogens with one attached hydrogen (secondary N) is 2. The van der Waals surface area contributed by atoms with Crippen LogP contribution in [0.15, 0.2) is 90.1 Å². The van der Waals surface area contributed by atoms with Crippen LogP contribution in [0, 0.1) is 11.8 Å². The number of pyridine rings is 3. The summed E-state index contributed by atoms with van der Waals surface area (Å²) in [6, 6.07) is 21.1. The lowest BCUT2D eigenvalue weighted by Crippen LogP contribution is -2.29. The number of nitrogens with zero attached hydrogens (tertiary/aromatic N) is 4. The second-order valence-corrected chi connectivity index (χ2v) is 12.1. The monoisotopic (exact) mass is 612 g/mol. The van der Waals surface area contributed by atoms with Gasteiger partial charge in [-0.2, -0.15) is 0 Å². The second-order valence-electron chi connectivity index (χ2n) is 12.1. The summed E-state index contributed by atoms with van der Waals surface area (Å²) in [6.45, 7) is 9.74. The molecule has 0 fully saturated rings. The zero-order chi connectivity index (χ0) is 32.8. The first-order valence-corrected chi connectivity index (χ1v) is 15.5. The molecular weight excluding hydrogens is 572 g/mol. The van der Waals surface area contributed by atoms with Crippen LogP contribution in [0.3, 0.4) is 0 Å². The largest absolute Gasteiger partial charge is 0.323 e. The van der Waals surface area contributed by atoms with Crippen LogP contribution < -0.4 is 16.2 Å². The van der Waals surface area contributed by atoms with Gasteiger partial charge < -0.3 is 10.6 Å². The molecule has 0 spiro atoms. The van der Waals surface area contributed by atoms with Crippen molar-refractivity contribution in [2.75, 3.05) is 24.2 Å². The van der Waals surface area contributed by atoms with Gasteiger partial charge in [0.05, 0.1) is 6.54 Å². The van der Waals surface area contributed by atoms with Crippen LogP contribution in [0.2, 0.25) is 0 Å². The van der Waals surface area contributed by atoms with Gasteiger partial charge in [-0.25, -0.2) is 9.78 Å². The Bertz CT molecular complexity index is 1960. The van der Waals surface area contributed by atoms with E-state index in [1.165, 1.54) is 10.1 Å². The van der Waals surface area contributed by atoms with Crippen LogP contribution in [-0.2, 0) is 13.6 Å². The average Bonchev–Trinajstić information content (AvgIpc) is 3.04. The lowest BCUT2D eigenvalue weighted by molar-refractivity contribution is 0.262. The van der Waals surface area contributed by atoms with Crippen molar-refractivity contribution in [2.24, 2.45) is 7.05 Å². The third-order valence-electron chi connectivity index (χ3n) is 7.93. The van der Waals surface area contributed by atoms with Gasteiger partial charge in [0, 0.05) is 54.4 Å². The van der Waals surface area contributed by atoms with Crippen LogP contribution >= 0.6 is 0 Å². The van der Waals surface area contributed by atoms with Crippen LogP contribution in [-0.4, -0.2) is 39.1 Å². The molecule has 0 saturated carbocycles. The fourth-order valence-corrected chi connectivity index (χ4v) is 5.62. The van der Waals surface area contributed by atoms with Crippen LogP contribution in [0.4, 0.5) is 16.2 Å². The van der Waals surface area contributed by atoms with E-state index >= 15 is 0 Å². The molecule has 0 bridgehead atoms. The fourth-order valence-electron chi connectivity index (χ4n) is 5.62. The van der Waals surface area contributed by atoms with E-state index in [2.05, 4.69) is 65.0 Å². The first-order chi connectivity index (χ1) is 22.1. The number of para-hydroxylation sites is 1. The standard InChI is InChI=1S/C38H40N6O2/c1-25(2)30-14-8-15-31(26(3)4)34(30)41-38(46)42-35-33(32-16-9-19-40-36(32)44(6)37(35)45)29-13-7-11-27(23-29)12-10-22-43(5)24-28-17-20-39-21-18-28/h7-9,11,13-21,23,25-26H,22,24H2,1-6H3,(H2,41,42,46). The number of carbonyl (C=O) groups excluding carboxylic acids is 1. The molecule has 0 radical (unpaired) electrons. The van der Waals surface area contributed by atoms with E-state index in [9.17, 15) is 9.59 Å². The maximum atomic E-state index is 13.8. The summed E-state index contributed by atoms with van der Waals surface area (Å²) in [6.07, 6.45) is 5.24. The van der Waals surface area contributed by atoms with E-state index in [0.717, 1.165) is 39.9 Å². The van der Waals surface area contributed by atoms with Crippen LogP contribution in [0.5, 0.6) is 0 Å². The highest BCUT2D eigenvalue weighted by atomic mass is 16.2. The number of hydrogen-bond acceptors (Lipinski definition) is 5. The van der Waals surface area contributed by atoms with Crippen molar-refractivity contribution < 1.29 is 4.79 Å². The number of aromatic nitrogens is 3. The van der Waals surface area contributed by atoms with Crippen molar-refractivity contribution in [3.05, 3.63) is 118 Å². The number of rotatable bonds is 8. The van der Waals surface area contributed by atoms with Gasteiger partial charge in [0.15, 0.2) is 0 Å². The van der Waals surface area contributed by atoms with Crippen molar-refractivity contribution in [3.63, 3.8) is 0 Å². The minimum absolute atomic E-state index is 0.177. The van der Waals surface area contributed by atoms with E-state index in [-0.39, 0.29) is 23.1 Å². The molecule has 0 saturated heterocycles. The van der Waals surface area contributed by atoms with Crippen molar-refractivity contribution in [2.45, 2.75) is 46.1 Å². The Morgan fingerprint density at radius 1 is 0.891 bits per heavy atom. The first-order valence-electron chi connectivity index (χ1n) is 15.5. The zero-order valence-electron chi connectivity index (χ0n) is 27.3.